The van der Waals surface area contributed by atoms with E-state index in [-0.39, 0.29) is 19.3 Å². The first-order valence-corrected chi connectivity index (χ1v) is 9.21. The third-order valence-electron chi connectivity index (χ3n) is 5.23. The summed E-state index contributed by atoms with van der Waals surface area (Å²) in [6, 6.07) is 2.73. The Morgan fingerprint density at radius 3 is 2.36 bits per heavy atom. The van der Waals surface area contributed by atoms with Gasteiger partial charge in [0.05, 0.1) is 0 Å². The average molecular weight is 385 g/mol. The number of furan rings is 1. The zero-order valence-electron chi connectivity index (χ0n) is 16.3. The number of fused-ring (bicyclic) bond motifs is 2. The van der Waals surface area contributed by atoms with Crippen LogP contribution >= 0.6 is 0 Å². The van der Waals surface area contributed by atoms with E-state index in [0.29, 0.717) is 16.7 Å². The van der Waals surface area contributed by atoms with Crippen LogP contribution in [-0.2, 0) is 16.0 Å². The molecule has 1 aromatic carbocycles. The Hall–Kier alpha value is -3.09. The maximum absolute atomic E-state index is 12.4. The zero-order chi connectivity index (χ0) is 20.6. The summed E-state index contributed by atoms with van der Waals surface area (Å²) < 4.78 is 11.2. The molecule has 28 heavy (non-hydrogen) atoms. The molecule has 0 spiro atoms. The lowest BCUT2D eigenvalue weighted by molar-refractivity contribution is -0.141. The molecule has 0 saturated heterocycles. The first-order chi connectivity index (χ1) is 13.2. The van der Waals surface area contributed by atoms with Crippen molar-refractivity contribution in [3.63, 3.8) is 0 Å². The number of rotatable bonds is 6. The van der Waals surface area contributed by atoms with Crippen LogP contribution in [0.5, 0.6) is 0 Å². The number of carboxylic acids is 1. The van der Waals surface area contributed by atoms with Crippen molar-refractivity contribution in [1.29, 1.82) is 0 Å². The Morgan fingerprint density at radius 2 is 1.71 bits per heavy atom. The molecule has 2 aromatic heterocycles. The normalized spacial score (nSPS) is 12.4. The standard InChI is InChI=1S/C21H23NO6/c1-5-16(20(24)25)22-19(23)7-6-13-11(3)15-8-14-10(2)12(4)27-17(14)9-18(15)28-21(13)26/h8-9,16H,5-7H2,1-4H3,(H,22,23)(H,24,25)/t16-/m1/s1. The Labute approximate surface area is 161 Å². The van der Waals surface area contributed by atoms with Gasteiger partial charge in [-0.05, 0) is 50.8 Å². The predicted octanol–water partition coefficient (Wildman–Crippen LogP) is 3.38. The number of aliphatic carboxylic acids is 1. The van der Waals surface area contributed by atoms with E-state index in [1.165, 1.54) is 0 Å². The molecular weight excluding hydrogens is 362 g/mol. The lowest BCUT2D eigenvalue weighted by atomic mass is 10.00. The van der Waals surface area contributed by atoms with Crippen LogP contribution in [0.4, 0.5) is 0 Å². The van der Waals surface area contributed by atoms with Crippen LogP contribution in [0.15, 0.2) is 25.8 Å². The van der Waals surface area contributed by atoms with E-state index in [4.69, 9.17) is 13.9 Å². The van der Waals surface area contributed by atoms with Gasteiger partial charge in [0.15, 0.2) is 0 Å². The smallest absolute Gasteiger partial charge is 0.339 e. The molecule has 0 aliphatic heterocycles. The quantitative estimate of drug-likeness (QED) is 0.630. The summed E-state index contributed by atoms with van der Waals surface area (Å²) in [5.41, 5.74) is 2.81. The van der Waals surface area contributed by atoms with Crippen LogP contribution in [0, 0.1) is 20.8 Å². The van der Waals surface area contributed by atoms with Crippen molar-refractivity contribution in [1.82, 2.24) is 5.32 Å². The number of hydrogen-bond donors (Lipinski definition) is 2. The van der Waals surface area contributed by atoms with Crippen molar-refractivity contribution in [2.24, 2.45) is 0 Å². The Kier molecular flexibility index (Phi) is 5.27. The van der Waals surface area contributed by atoms with Gasteiger partial charge in [0.25, 0.3) is 0 Å². The van der Waals surface area contributed by atoms with Crippen molar-refractivity contribution in [3.8, 4) is 0 Å². The summed E-state index contributed by atoms with van der Waals surface area (Å²) >= 11 is 0. The van der Waals surface area contributed by atoms with Crippen molar-refractivity contribution in [2.45, 2.75) is 53.0 Å². The van der Waals surface area contributed by atoms with Crippen LogP contribution < -0.4 is 10.9 Å². The van der Waals surface area contributed by atoms with E-state index >= 15 is 0 Å². The molecule has 0 fully saturated rings. The van der Waals surface area contributed by atoms with Crippen molar-refractivity contribution in [2.75, 3.05) is 0 Å². The van der Waals surface area contributed by atoms with E-state index in [2.05, 4.69) is 5.32 Å². The van der Waals surface area contributed by atoms with Crippen LogP contribution in [0.3, 0.4) is 0 Å². The summed E-state index contributed by atoms with van der Waals surface area (Å²) in [6.45, 7) is 7.36. The van der Waals surface area contributed by atoms with E-state index in [1.54, 1.807) is 13.0 Å². The van der Waals surface area contributed by atoms with Gasteiger partial charge in [0.2, 0.25) is 5.91 Å². The Balaban J connectivity index is 1.92. The van der Waals surface area contributed by atoms with Crippen LogP contribution in [0.25, 0.3) is 21.9 Å². The van der Waals surface area contributed by atoms with Gasteiger partial charge < -0.3 is 19.3 Å². The lowest BCUT2D eigenvalue weighted by Crippen LogP contribution is -2.40. The summed E-state index contributed by atoms with van der Waals surface area (Å²) in [6.07, 6.45) is 0.470. The number of carbonyl (C=O) groups excluding carboxylic acids is 1. The van der Waals surface area contributed by atoms with Gasteiger partial charge in [-0.15, -0.1) is 0 Å². The SMILES string of the molecule is CC[C@@H](NC(=O)CCc1c(C)c2cc3c(C)c(C)oc3cc2oc1=O)C(=O)O. The summed E-state index contributed by atoms with van der Waals surface area (Å²) in [7, 11) is 0. The van der Waals surface area contributed by atoms with Gasteiger partial charge in [-0.1, -0.05) is 6.92 Å². The minimum atomic E-state index is -1.08. The fourth-order valence-corrected chi connectivity index (χ4v) is 3.36. The van der Waals surface area contributed by atoms with Crippen molar-refractivity contribution >= 4 is 33.8 Å². The monoisotopic (exact) mass is 385 g/mol. The molecule has 2 N–H and O–H groups in total. The molecule has 0 aliphatic rings. The lowest BCUT2D eigenvalue weighted by Gasteiger charge is -2.12. The molecule has 0 bridgehead atoms. The summed E-state index contributed by atoms with van der Waals surface area (Å²) in [5, 5.41) is 13.3. The van der Waals surface area contributed by atoms with E-state index < -0.39 is 23.5 Å². The van der Waals surface area contributed by atoms with Gasteiger partial charge in [-0.25, -0.2) is 9.59 Å². The van der Waals surface area contributed by atoms with Crippen molar-refractivity contribution < 1.29 is 23.5 Å². The molecule has 3 aromatic rings. The summed E-state index contributed by atoms with van der Waals surface area (Å²) in [4.78, 5) is 35.6. The molecule has 7 nitrogen and oxygen atoms in total. The van der Waals surface area contributed by atoms with Crippen LogP contribution in [-0.4, -0.2) is 23.0 Å². The maximum Gasteiger partial charge on any atom is 0.339 e. The maximum atomic E-state index is 12.4. The molecule has 1 atom stereocenters. The van der Waals surface area contributed by atoms with Crippen molar-refractivity contribution in [3.05, 3.63) is 45.0 Å². The minimum Gasteiger partial charge on any atom is -0.480 e. The zero-order valence-corrected chi connectivity index (χ0v) is 16.3. The molecule has 3 rings (SSSR count). The second-order valence-corrected chi connectivity index (χ2v) is 6.99. The van der Waals surface area contributed by atoms with Gasteiger partial charge in [-0.2, -0.15) is 0 Å². The van der Waals surface area contributed by atoms with Gasteiger partial charge in [0, 0.05) is 28.8 Å². The van der Waals surface area contributed by atoms with E-state index in [0.717, 1.165) is 27.7 Å². The number of carboxylic acid groups (broad SMARTS) is 1. The van der Waals surface area contributed by atoms with Crippen LogP contribution in [0.2, 0.25) is 0 Å². The highest BCUT2D eigenvalue weighted by Gasteiger charge is 2.19. The highest BCUT2D eigenvalue weighted by atomic mass is 16.4. The molecule has 1 amide bonds. The third-order valence-corrected chi connectivity index (χ3v) is 5.23. The molecule has 7 heteroatoms. The Morgan fingerprint density at radius 1 is 1.07 bits per heavy atom. The van der Waals surface area contributed by atoms with E-state index in [9.17, 15) is 14.4 Å². The van der Waals surface area contributed by atoms with Gasteiger partial charge in [-0.3, -0.25) is 4.79 Å². The number of aryl methyl sites for hydroxylation is 3. The molecule has 148 valence electrons. The highest BCUT2D eigenvalue weighted by Crippen LogP contribution is 2.31. The fraction of sp³-hybridized carbons (Fsp3) is 0.381. The molecule has 0 radical (unpaired) electrons. The molecule has 2 heterocycles. The van der Waals surface area contributed by atoms with Crippen LogP contribution in [0.1, 0.15) is 42.2 Å². The second-order valence-electron chi connectivity index (χ2n) is 6.99. The molecule has 0 unspecified atom stereocenters. The van der Waals surface area contributed by atoms with Gasteiger partial charge in [0.1, 0.15) is 23.0 Å². The topological polar surface area (TPSA) is 110 Å². The largest absolute Gasteiger partial charge is 0.480 e. The fourth-order valence-electron chi connectivity index (χ4n) is 3.36. The first-order valence-electron chi connectivity index (χ1n) is 9.21. The number of nitrogens with one attached hydrogen (secondary N) is 1. The van der Waals surface area contributed by atoms with E-state index in [1.807, 2.05) is 26.8 Å². The number of amides is 1. The predicted molar refractivity (Wildman–Crippen MR) is 105 cm³/mol. The Bertz CT molecular complexity index is 1140. The average Bonchev–Trinajstić information content (AvgIpc) is 2.91. The summed E-state index contributed by atoms with van der Waals surface area (Å²) in [5.74, 6) is -0.678. The highest BCUT2D eigenvalue weighted by molar-refractivity contribution is 5.96. The molecule has 0 saturated carbocycles. The number of hydrogen-bond acceptors (Lipinski definition) is 5. The molecular formula is C21H23NO6. The second kappa shape index (κ2) is 7.50. The first kappa shape index (κ1) is 19.7. The number of benzene rings is 1. The minimum absolute atomic E-state index is 0.00692. The molecule has 0 aliphatic carbocycles. The number of carbonyl (C=O) groups is 2. The van der Waals surface area contributed by atoms with Gasteiger partial charge >= 0.3 is 11.6 Å². The third kappa shape index (κ3) is 3.52.